The molecular formula is C19H33Cl2N5O. The Morgan fingerprint density at radius 3 is 2.41 bits per heavy atom. The van der Waals surface area contributed by atoms with Crippen molar-refractivity contribution in [2.45, 2.75) is 56.5 Å². The third-order valence-corrected chi connectivity index (χ3v) is 6.43. The van der Waals surface area contributed by atoms with E-state index in [1.54, 1.807) is 6.20 Å². The van der Waals surface area contributed by atoms with Gasteiger partial charge in [0.05, 0.1) is 0 Å². The van der Waals surface area contributed by atoms with Crippen molar-refractivity contribution in [1.82, 2.24) is 24.9 Å². The number of amides is 1. The Balaban J connectivity index is 0.00000131. The summed E-state index contributed by atoms with van der Waals surface area (Å²) in [5.74, 6) is 0.283. The summed E-state index contributed by atoms with van der Waals surface area (Å²) in [6.07, 6.45) is 11.9. The summed E-state index contributed by atoms with van der Waals surface area (Å²) in [6.45, 7) is 5.69. The van der Waals surface area contributed by atoms with E-state index in [0.717, 1.165) is 64.6 Å². The number of nitrogens with one attached hydrogen (secondary N) is 1. The molecule has 6 nitrogen and oxygen atoms in total. The number of carbonyl (C=O) groups is 1. The summed E-state index contributed by atoms with van der Waals surface area (Å²) in [6, 6.07) is 2.69. The van der Waals surface area contributed by atoms with Gasteiger partial charge < -0.3 is 10.2 Å². The molecule has 0 spiro atoms. The van der Waals surface area contributed by atoms with Crippen LogP contribution in [-0.4, -0.2) is 70.8 Å². The number of halogens is 2. The van der Waals surface area contributed by atoms with Crippen molar-refractivity contribution in [3.05, 3.63) is 18.5 Å². The van der Waals surface area contributed by atoms with E-state index < -0.39 is 5.54 Å². The van der Waals surface area contributed by atoms with Gasteiger partial charge in [-0.05, 0) is 51.3 Å². The van der Waals surface area contributed by atoms with Gasteiger partial charge >= 0.3 is 0 Å². The van der Waals surface area contributed by atoms with Crippen LogP contribution in [0.3, 0.4) is 0 Å². The number of hydrogen-bond donors (Lipinski definition) is 1. The molecule has 3 fully saturated rings. The summed E-state index contributed by atoms with van der Waals surface area (Å²) in [7, 11) is 0. The maximum Gasteiger partial charge on any atom is 0.250 e. The fraction of sp³-hybridized carbons (Fsp3) is 0.789. The molecule has 3 heterocycles. The molecular weight excluding hydrogens is 385 g/mol. The van der Waals surface area contributed by atoms with Crippen molar-refractivity contribution >= 4 is 30.7 Å². The number of piperidine rings is 1. The minimum Gasteiger partial charge on any atom is -0.339 e. The molecule has 27 heavy (non-hydrogen) atoms. The van der Waals surface area contributed by atoms with Gasteiger partial charge in [0.1, 0.15) is 5.54 Å². The van der Waals surface area contributed by atoms with Crippen molar-refractivity contribution in [2.24, 2.45) is 0 Å². The van der Waals surface area contributed by atoms with Crippen LogP contribution in [0.5, 0.6) is 0 Å². The van der Waals surface area contributed by atoms with E-state index in [1.807, 2.05) is 16.9 Å². The van der Waals surface area contributed by atoms with E-state index in [0.29, 0.717) is 0 Å². The Morgan fingerprint density at radius 1 is 1.00 bits per heavy atom. The molecule has 2 saturated heterocycles. The molecule has 0 bridgehead atoms. The van der Waals surface area contributed by atoms with Crippen LogP contribution >= 0.6 is 24.8 Å². The molecule has 2 aliphatic heterocycles. The Hall–Kier alpha value is -0.820. The van der Waals surface area contributed by atoms with Gasteiger partial charge in [0.25, 0.3) is 5.91 Å². The second-order valence-corrected chi connectivity index (χ2v) is 7.85. The molecule has 1 N–H and O–H groups in total. The number of rotatable bonds is 3. The van der Waals surface area contributed by atoms with Crippen LogP contribution in [-0.2, 0) is 10.3 Å². The van der Waals surface area contributed by atoms with Crippen LogP contribution in [0.15, 0.2) is 18.5 Å². The van der Waals surface area contributed by atoms with E-state index in [2.05, 4.69) is 20.2 Å². The molecule has 1 saturated carbocycles. The SMILES string of the molecule is Cl.Cl.O=C(N1CCCN(C2CCCC2)CC1)C1(n2cccn2)CCNCC1. The van der Waals surface area contributed by atoms with Crippen molar-refractivity contribution in [3.8, 4) is 0 Å². The molecule has 0 radical (unpaired) electrons. The fourth-order valence-corrected chi connectivity index (χ4v) is 4.97. The van der Waals surface area contributed by atoms with Crippen LogP contribution in [0.2, 0.25) is 0 Å². The zero-order valence-electron chi connectivity index (χ0n) is 16.0. The second-order valence-electron chi connectivity index (χ2n) is 7.85. The third kappa shape index (κ3) is 4.61. The quantitative estimate of drug-likeness (QED) is 0.819. The van der Waals surface area contributed by atoms with Gasteiger partial charge in [-0.2, -0.15) is 5.10 Å². The highest BCUT2D eigenvalue weighted by molar-refractivity contribution is 5.86. The van der Waals surface area contributed by atoms with Crippen LogP contribution in [0, 0.1) is 0 Å². The van der Waals surface area contributed by atoms with E-state index in [-0.39, 0.29) is 30.7 Å². The first kappa shape index (κ1) is 22.5. The standard InChI is InChI=1S/C19H31N5O.2ClH/c25-18(19(7-10-20-11-8-19)24-14-3-9-21-24)23-13-4-12-22(15-16-23)17-5-1-2-6-17;;/h3,9,14,17,20H,1-2,4-8,10-13,15-16H2;2*1H. The normalized spacial score (nSPS) is 23.9. The molecule has 1 aliphatic carbocycles. The largest absolute Gasteiger partial charge is 0.339 e. The Kier molecular flexibility index (Phi) is 8.40. The van der Waals surface area contributed by atoms with Gasteiger partial charge in [0.2, 0.25) is 0 Å². The molecule has 0 unspecified atom stereocenters. The first-order chi connectivity index (χ1) is 12.3. The number of carbonyl (C=O) groups excluding carboxylic acids is 1. The lowest BCUT2D eigenvalue weighted by Gasteiger charge is -2.40. The topological polar surface area (TPSA) is 53.4 Å². The Bertz CT molecular complexity index is 571. The zero-order chi connectivity index (χ0) is 17.1. The van der Waals surface area contributed by atoms with Gasteiger partial charge in [-0.25, -0.2) is 0 Å². The number of nitrogens with zero attached hydrogens (tertiary/aromatic N) is 4. The maximum atomic E-state index is 13.6. The summed E-state index contributed by atoms with van der Waals surface area (Å²) in [4.78, 5) is 18.3. The highest BCUT2D eigenvalue weighted by Crippen LogP contribution is 2.30. The number of hydrogen-bond acceptors (Lipinski definition) is 4. The molecule has 0 aromatic carbocycles. The van der Waals surface area contributed by atoms with Gasteiger partial charge in [0.15, 0.2) is 0 Å². The van der Waals surface area contributed by atoms with Gasteiger partial charge in [-0.3, -0.25) is 14.4 Å². The predicted octanol–water partition coefficient (Wildman–Crippen LogP) is 2.28. The molecule has 1 amide bonds. The van der Waals surface area contributed by atoms with Crippen molar-refractivity contribution in [2.75, 3.05) is 39.3 Å². The van der Waals surface area contributed by atoms with Gasteiger partial charge in [-0.1, -0.05) is 12.8 Å². The molecule has 8 heteroatoms. The fourth-order valence-electron chi connectivity index (χ4n) is 4.97. The molecule has 0 atom stereocenters. The first-order valence-electron chi connectivity index (χ1n) is 10.0. The van der Waals surface area contributed by atoms with Crippen molar-refractivity contribution < 1.29 is 4.79 Å². The molecule has 3 aliphatic rings. The monoisotopic (exact) mass is 417 g/mol. The summed E-state index contributed by atoms with van der Waals surface area (Å²) >= 11 is 0. The lowest BCUT2D eigenvalue weighted by atomic mass is 9.86. The predicted molar refractivity (Wildman–Crippen MR) is 112 cm³/mol. The maximum absolute atomic E-state index is 13.6. The van der Waals surface area contributed by atoms with Crippen molar-refractivity contribution in [1.29, 1.82) is 0 Å². The van der Waals surface area contributed by atoms with Crippen LogP contribution < -0.4 is 5.32 Å². The lowest BCUT2D eigenvalue weighted by Crippen LogP contribution is -2.56. The average molecular weight is 418 g/mol. The minimum atomic E-state index is -0.489. The zero-order valence-corrected chi connectivity index (χ0v) is 17.6. The summed E-state index contributed by atoms with van der Waals surface area (Å²) < 4.78 is 1.93. The molecule has 4 rings (SSSR count). The van der Waals surface area contributed by atoms with E-state index in [4.69, 9.17) is 0 Å². The van der Waals surface area contributed by atoms with E-state index in [1.165, 1.54) is 25.7 Å². The third-order valence-electron chi connectivity index (χ3n) is 6.43. The molecule has 154 valence electrons. The highest BCUT2D eigenvalue weighted by Gasteiger charge is 2.44. The van der Waals surface area contributed by atoms with Crippen LogP contribution in [0.4, 0.5) is 0 Å². The summed E-state index contributed by atoms with van der Waals surface area (Å²) in [5.41, 5.74) is -0.489. The molecule has 1 aromatic heterocycles. The number of aromatic nitrogens is 2. The van der Waals surface area contributed by atoms with Crippen LogP contribution in [0.1, 0.15) is 44.9 Å². The minimum absolute atomic E-state index is 0. The Labute approximate surface area is 174 Å². The summed E-state index contributed by atoms with van der Waals surface area (Å²) in [5, 5.41) is 7.86. The lowest BCUT2D eigenvalue weighted by molar-refractivity contribution is -0.143. The van der Waals surface area contributed by atoms with E-state index in [9.17, 15) is 4.79 Å². The molecule has 1 aromatic rings. The van der Waals surface area contributed by atoms with E-state index >= 15 is 0 Å². The van der Waals surface area contributed by atoms with Gasteiger partial charge in [0, 0.05) is 44.6 Å². The smallest absolute Gasteiger partial charge is 0.250 e. The second kappa shape index (κ2) is 10.1. The Morgan fingerprint density at radius 2 is 1.74 bits per heavy atom. The first-order valence-corrected chi connectivity index (χ1v) is 10.0. The average Bonchev–Trinajstić information content (AvgIpc) is 3.33. The van der Waals surface area contributed by atoms with Crippen molar-refractivity contribution in [3.63, 3.8) is 0 Å². The van der Waals surface area contributed by atoms with Crippen LogP contribution in [0.25, 0.3) is 0 Å². The highest BCUT2D eigenvalue weighted by atomic mass is 35.5. The van der Waals surface area contributed by atoms with Gasteiger partial charge in [-0.15, -0.1) is 24.8 Å².